The first-order valence-electron chi connectivity index (χ1n) is 8.26. The van der Waals surface area contributed by atoms with Crippen molar-refractivity contribution in [3.63, 3.8) is 0 Å². The first-order chi connectivity index (χ1) is 12.9. The number of carbonyl (C=O) groups excluding carboxylic acids is 2. The molecule has 2 aromatic carbocycles. The Kier molecular flexibility index (Phi) is 5.25. The minimum atomic E-state index is -0.465. The minimum absolute atomic E-state index is 0.0344. The van der Waals surface area contributed by atoms with Crippen LogP contribution in [0, 0.1) is 5.41 Å². The highest BCUT2D eigenvalue weighted by molar-refractivity contribution is 5.96. The molecule has 1 aliphatic heterocycles. The third-order valence-corrected chi connectivity index (χ3v) is 3.87. The number of amidine groups is 1. The van der Waals surface area contributed by atoms with Crippen LogP contribution >= 0.6 is 0 Å². The molecule has 27 heavy (non-hydrogen) atoms. The summed E-state index contributed by atoms with van der Waals surface area (Å²) in [5.74, 6) is 0.445. The van der Waals surface area contributed by atoms with Gasteiger partial charge >= 0.3 is 12.1 Å². The van der Waals surface area contributed by atoms with Crippen molar-refractivity contribution in [3.8, 4) is 11.5 Å². The van der Waals surface area contributed by atoms with Crippen LogP contribution in [0.3, 0.4) is 0 Å². The van der Waals surface area contributed by atoms with Crippen LogP contribution in [0.15, 0.2) is 48.5 Å². The predicted octanol–water partition coefficient (Wildman–Crippen LogP) is 2.30. The van der Waals surface area contributed by atoms with Crippen LogP contribution in [-0.2, 0) is 9.53 Å². The van der Waals surface area contributed by atoms with Crippen LogP contribution in [0.2, 0.25) is 0 Å². The van der Waals surface area contributed by atoms with Crippen molar-refractivity contribution in [2.45, 2.75) is 13.0 Å². The highest BCUT2D eigenvalue weighted by atomic mass is 16.6. The van der Waals surface area contributed by atoms with E-state index in [4.69, 9.17) is 25.4 Å². The number of anilines is 1. The molecule has 3 N–H and O–H groups in total. The van der Waals surface area contributed by atoms with Gasteiger partial charge in [-0.3, -0.25) is 15.1 Å². The molecule has 0 bridgehead atoms. The smallest absolute Gasteiger partial charge is 0.414 e. The third kappa shape index (κ3) is 4.55. The van der Waals surface area contributed by atoms with E-state index in [1.807, 2.05) is 0 Å². The van der Waals surface area contributed by atoms with E-state index in [1.165, 1.54) is 11.8 Å². The zero-order chi connectivity index (χ0) is 19.4. The Morgan fingerprint density at radius 3 is 2.63 bits per heavy atom. The largest absolute Gasteiger partial charge is 0.490 e. The van der Waals surface area contributed by atoms with Crippen LogP contribution in [0.1, 0.15) is 12.5 Å². The first-order valence-corrected chi connectivity index (χ1v) is 8.26. The molecule has 1 heterocycles. The molecule has 0 aromatic heterocycles. The lowest BCUT2D eigenvalue weighted by Crippen LogP contribution is -2.26. The summed E-state index contributed by atoms with van der Waals surface area (Å²) in [7, 11) is 0. The van der Waals surface area contributed by atoms with Gasteiger partial charge in [-0.15, -0.1) is 0 Å². The summed E-state index contributed by atoms with van der Waals surface area (Å²) in [4.78, 5) is 24.6. The SMILES string of the molecule is CC(=O)Oc1cccc(OCC2CN(c3ccc(C(=N)N)cc3)C(=O)O2)c1. The highest BCUT2D eigenvalue weighted by Gasteiger charge is 2.32. The summed E-state index contributed by atoms with van der Waals surface area (Å²) in [5, 5.41) is 7.40. The number of rotatable bonds is 6. The monoisotopic (exact) mass is 369 g/mol. The van der Waals surface area contributed by atoms with Crippen LogP contribution < -0.4 is 20.1 Å². The predicted molar refractivity (Wildman–Crippen MR) is 98.3 cm³/mol. The van der Waals surface area contributed by atoms with Crippen molar-refractivity contribution in [1.29, 1.82) is 5.41 Å². The van der Waals surface area contributed by atoms with Gasteiger partial charge in [0.15, 0.2) is 6.10 Å². The third-order valence-electron chi connectivity index (χ3n) is 3.87. The average molecular weight is 369 g/mol. The van der Waals surface area contributed by atoms with Gasteiger partial charge < -0.3 is 19.9 Å². The molecule has 1 amide bonds. The number of amides is 1. The molecule has 2 aromatic rings. The molecule has 0 spiro atoms. The van der Waals surface area contributed by atoms with Crippen molar-refractivity contribution in [1.82, 2.24) is 0 Å². The standard InChI is InChI=1S/C19H19N3O5/c1-12(23)26-16-4-2-3-15(9-16)25-11-17-10-22(19(24)27-17)14-7-5-13(6-8-14)18(20)21/h2-9,17H,10-11H2,1H3,(H3,20,21). The number of nitrogens with zero attached hydrogens (tertiary/aromatic N) is 1. The average Bonchev–Trinajstić information content (AvgIpc) is 3.00. The quantitative estimate of drug-likeness (QED) is 0.349. The number of carbonyl (C=O) groups is 2. The second-order valence-corrected chi connectivity index (χ2v) is 5.96. The van der Waals surface area contributed by atoms with Crippen molar-refractivity contribution >= 4 is 23.6 Å². The van der Waals surface area contributed by atoms with E-state index in [0.717, 1.165) is 0 Å². The zero-order valence-electron chi connectivity index (χ0n) is 14.7. The number of nitrogens with one attached hydrogen (secondary N) is 1. The Bertz CT molecular complexity index is 866. The number of hydrogen-bond donors (Lipinski definition) is 2. The lowest BCUT2D eigenvalue weighted by atomic mass is 10.2. The van der Waals surface area contributed by atoms with Gasteiger partial charge in [0.25, 0.3) is 0 Å². The fourth-order valence-electron chi connectivity index (χ4n) is 2.62. The van der Waals surface area contributed by atoms with E-state index < -0.39 is 18.2 Å². The van der Waals surface area contributed by atoms with Gasteiger partial charge in [0.05, 0.1) is 6.54 Å². The summed E-state index contributed by atoms with van der Waals surface area (Å²) in [6.07, 6.45) is -0.907. The van der Waals surface area contributed by atoms with Crippen molar-refractivity contribution in [2.75, 3.05) is 18.1 Å². The molecule has 1 unspecified atom stereocenters. The van der Waals surface area contributed by atoms with Gasteiger partial charge in [0.1, 0.15) is 23.9 Å². The molecule has 0 aliphatic carbocycles. The molecule has 1 aliphatic rings. The number of cyclic esters (lactones) is 1. The number of ether oxygens (including phenoxy) is 3. The van der Waals surface area contributed by atoms with Crippen molar-refractivity contribution in [2.24, 2.45) is 5.73 Å². The van der Waals surface area contributed by atoms with Crippen LogP contribution in [0.4, 0.5) is 10.5 Å². The first kappa shape index (κ1) is 18.2. The number of nitrogens with two attached hydrogens (primary N) is 1. The van der Waals surface area contributed by atoms with Crippen molar-refractivity contribution in [3.05, 3.63) is 54.1 Å². The van der Waals surface area contributed by atoms with Crippen LogP contribution in [0.25, 0.3) is 0 Å². The fraction of sp³-hybridized carbons (Fsp3) is 0.211. The van der Waals surface area contributed by atoms with Crippen LogP contribution in [-0.4, -0.2) is 37.2 Å². The normalized spacial score (nSPS) is 16.0. The molecular formula is C19H19N3O5. The van der Waals surface area contributed by atoms with E-state index >= 15 is 0 Å². The van der Waals surface area contributed by atoms with E-state index in [-0.39, 0.29) is 12.4 Å². The fourth-order valence-corrected chi connectivity index (χ4v) is 2.62. The van der Waals surface area contributed by atoms with Gasteiger partial charge in [0.2, 0.25) is 0 Å². The van der Waals surface area contributed by atoms with Gasteiger partial charge in [0, 0.05) is 24.2 Å². The molecule has 0 saturated carbocycles. The molecule has 3 rings (SSSR count). The Morgan fingerprint density at radius 2 is 1.96 bits per heavy atom. The van der Waals surface area contributed by atoms with Gasteiger partial charge in [-0.1, -0.05) is 6.07 Å². The van der Waals surface area contributed by atoms with E-state index in [2.05, 4.69) is 0 Å². The molecule has 0 radical (unpaired) electrons. The number of benzene rings is 2. The number of nitrogen functional groups attached to an aromatic ring is 1. The zero-order valence-corrected chi connectivity index (χ0v) is 14.7. The lowest BCUT2D eigenvalue weighted by molar-refractivity contribution is -0.131. The van der Waals surface area contributed by atoms with Gasteiger partial charge in [-0.2, -0.15) is 0 Å². The Balaban J connectivity index is 1.59. The Morgan fingerprint density at radius 1 is 1.26 bits per heavy atom. The van der Waals surface area contributed by atoms with E-state index in [0.29, 0.717) is 29.3 Å². The summed E-state index contributed by atoms with van der Waals surface area (Å²) in [5.41, 5.74) is 6.67. The molecular weight excluding hydrogens is 350 g/mol. The summed E-state index contributed by atoms with van der Waals surface area (Å²) < 4.78 is 16.0. The maximum absolute atomic E-state index is 12.1. The molecule has 8 nitrogen and oxygen atoms in total. The molecule has 1 fully saturated rings. The van der Waals surface area contributed by atoms with E-state index in [1.54, 1.807) is 48.5 Å². The number of hydrogen-bond acceptors (Lipinski definition) is 6. The highest BCUT2D eigenvalue weighted by Crippen LogP contribution is 2.24. The summed E-state index contributed by atoms with van der Waals surface area (Å²) in [6.45, 7) is 1.82. The maximum atomic E-state index is 12.1. The Labute approximate surface area is 155 Å². The topological polar surface area (TPSA) is 115 Å². The maximum Gasteiger partial charge on any atom is 0.414 e. The molecule has 8 heteroatoms. The van der Waals surface area contributed by atoms with E-state index in [9.17, 15) is 9.59 Å². The molecule has 1 atom stereocenters. The molecule has 140 valence electrons. The van der Waals surface area contributed by atoms with Gasteiger partial charge in [-0.05, 0) is 36.4 Å². The van der Waals surface area contributed by atoms with Crippen LogP contribution in [0.5, 0.6) is 11.5 Å². The molecule has 1 saturated heterocycles. The van der Waals surface area contributed by atoms with Crippen molar-refractivity contribution < 1.29 is 23.8 Å². The summed E-state index contributed by atoms with van der Waals surface area (Å²) in [6, 6.07) is 13.4. The Hall–Kier alpha value is -3.55. The number of esters is 1. The van der Waals surface area contributed by atoms with Gasteiger partial charge in [-0.25, -0.2) is 4.79 Å². The summed E-state index contributed by atoms with van der Waals surface area (Å²) >= 11 is 0. The minimum Gasteiger partial charge on any atom is -0.490 e. The second kappa shape index (κ2) is 7.77. The lowest BCUT2D eigenvalue weighted by Gasteiger charge is -2.14. The second-order valence-electron chi connectivity index (χ2n) is 5.96.